The standard InChI is InChI=1S/C14H17BrF3NO/c1-2-7-20-12-4-3-11(15)8-10(12)9-19-13(5-6-13)14(16,17)18/h3-4,8,19H,2,5-7,9H2,1H3. The molecule has 1 aliphatic carbocycles. The number of nitrogens with one attached hydrogen (secondary N) is 1. The van der Waals surface area contributed by atoms with E-state index in [1.54, 1.807) is 12.1 Å². The molecule has 6 heteroatoms. The van der Waals surface area contributed by atoms with Crippen LogP contribution >= 0.6 is 15.9 Å². The Morgan fingerprint density at radius 2 is 2.05 bits per heavy atom. The molecule has 1 aliphatic rings. The second-order valence-electron chi connectivity index (χ2n) is 5.03. The molecular weight excluding hydrogens is 335 g/mol. The molecule has 1 N–H and O–H groups in total. The van der Waals surface area contributed by atoms with Crippen LogP contribution in [0.2, 0.25) is 0 Å². The first-order valence-corrected chi connectivity index (χ1v) is 7.40. The summed E-state index contributed by atoms with van der Waals surface area (Å²) in [6.45, 7) is 2.69. The van der Waals surface area contributed by atoms with Crippen molar-refractivity contribution in [1.82, 2.24) is 5.32 Å². The highest BCUT2D eigenvalue weighted by molar-refractivity contribution is 9.10. The van der Waals surface area contributed by atoms with Gasteiger partial charge in [-0.3, -0.25) is 5.32 Å². The lowest BCUT2D eigenvalue weighted by molar-refractivity contribution is -0.166. The second kappa shape index (κ2) is 5.93. The monoisotopic (exact) mass is 351 g/mol. The van der Waals surface area contributed by atoms with Gasteiger partial charge in [0, 0.05) is 16.6 Å². The maximum Gasteiger partial charge on any atom is 0.406 e. The van der Waals surface area contributed by atoms with E-state index < -0.39 is 11.7 Å². The highest BCUT2D eigenvalue weighted by Gasteiger charge is 2.62. The lowest BCUT2D eigenvalue weighted by atomic mass is 10.1. The molecular formula is C14H17BrF3NO. The fraction of sp³-hybridized carbons (Fsp3) is 0.571. The van der Waals surface area contributed by atoms with E-state index in [9.17, 15) is 13.2 Å². The molecule has 2 rings (SSSR count). The van der Waals surface area contributed by atoms with Crippen molar-refractivity contribution in [3.8, 4) is 5.75 Å². The maximum atomic E-state index is 12.9. The zero-order valence-electron chi connectivity index (χ0n) is 11.2. The van der Waals surface area contributed by atoms with Gasteiger partial charge in [-0.05, 0) is 37.5 Å². The molecule has 20 heavy (non-hydrogen) atoms. The van der Waals surface area contributed by atoms with Crippen LogP contribution in [0, 0.1) is 0 Å². The Balaban J connectivity index is 2.07. The van der Waals surface area contributed by atoms with Crippen LogP contribution in [-0.2, 0) is 6.54 Å². The zero-order chi connectivity index (χ0) is 14.8. The van der Waals surface area contributed by atoms with Gasteiger partial charge >= 0.3 is 6.18 Å². The predicted octanol–water partition coefficient (Wildman–Crippen LogP) is 4.42. The van der Waals surface area contributed by atoms with Crippen molar-refractivity contribution in [3.63, 3.8) is 0 Å². The number of ether oxygens (including phenoxy) is 1. The fourth-order valence-corrected chi connectivity index (χ4v) is 2.40. The van der Waals surface area contributed by atoms with Crippen molar-refractivity contribution < 1.29 is 17.9 Å². The van der Waals surface area contributed by atoms with Crippen molar-refractivity contribution in [2.75, 3.05) is 6.61 Å². The number of hydrogen-bond donors (Lipinski definition) is 1. The molecule has 0 unspecified atom stereocenters. The first kappa shape index (κ1) is 15.6. The highest BCUT2D eigenvalue weighted by Crippen LogP contribution is 2.49. The average molecular weight is 352 g/mol. The van der Waals surface area contributed by atoms with Gasteiger partial charge < -0.3 is 4.74 Å². The number of hydrogen-bond acceptors (Lipinski definition) is 2. The summed E-state index contributed by atoms with van der Waals surface area (Å²) in [6, 6.07) is 5.40. The van der Waals surface area contributed by atoms with Gasteiger partial charge in [-0.1, -0.05) is 22.9 Å². The number of alkyl halides is 3. The molecule has 1 fully saturated rings. The molecule has 0 amide bonds. The van der Waals surface area contributed by atoms with Gasteiger partial charge in [-0.2, -0.15) is 13.2 Å². The third-order valence-corrected chi connectivity index (χ3v) is 3.89. The van der Waals surface area contributed by atoms with Gasteiger partial charge in [0.15, 0.2) is 0 Å². The topological polar surface area (TPSA) is 21.3 Å². The Morgan fingerprint density at radius 1 is 1.35 bits per heavy atom. The maximum absolute atomic E-state index is 12.9. The summed E-state index contributed by atoms with van der Waals surface area (Å²) in [5.41, 5.74) is -0.958. The van der Waals surface area contributed by atoms with Crippen molar-refractivity contribution in [2.24, 2.45) is 0 Å². The number of rotatable bonds is 6. The van der Waals surface area contributed by atoms with E-state index >= 15 is 0 Å². The molecule has 0 saturated heterocycles. The SMILES string of the molecule is CCCOc1ccc(Br)cc1CNC1(C(F)(F)F)CC1. The van der Waals surface area contributed by atoms with E-state index in [0.29, 0.717) is 12.4 Å². The highest BCUT2D eigenvalue weighted by atomic mass is 79.9. The molecule has 0 aliphatic heterocycles. The second-order valence-corrected chi connectivity index (χ2v) is 5.95. The van der Waals surface area contributed by atoms with E-state index in [2.05, 4.69) is 21.2 Å². The molecule has 1 saturated carbocycles. The number of halogens is 4. The van der Waals surface area contributed by atoms with Crippen molar-refractivity contribution in [1.29, 1.82) is 0 Å². The molecule has 0 atom stereocenters. The van der Waals surface area contributed by atoms with E-state index in [1.165, 1.54) is 0 Å². The van der Waals surface area contributed by atoms with Crippen LogP contribution in [0.15, 0.2) is 22.7 Å². The first-order chi connectivity index (χ1) is 9.38. The third-order valence-electron chi connectivity index (χ3n) is 3.39. The molecule has 2 nitrogen and oxygen atoms in total. The summed E-state index contributed by atoms with van der Waals surface area (Å²) in [5, 5.41) is 2.64. The summed E-state index contributed by atoms with van der Waals surface area (Å²) < 4.78 is 45.0. The van der Waals surface area contributed by atoms with Crippen molar-refractivity contribution in [3.05, 3.63) is 28.2 Å². The van der Waals surface area contributed by atoms with Gasteiger partial charge in [-0.15, -0.1) is 0 Å². The molecule has 0 radical (unpaired) electrons. The number of benzene rings is 1. The Bertz CT molecular complexity index is 472. The minimum absolute atomic E-state index is 0.148. The van der Waals surface area contributed by atoms with Gasteiger partial charge in [-0.25, -0.2) is 0 Å². The molecule has 0 aromatic heterocycles. The van der Waals surface area contributed by atoms with Crippen molar-refractivity contribution >= 4 is 15.9 Å². The molecule has 1 aromatic carbocycles. The van der Waals surface area contributed by atoms with Gasteiger partial charge in [0.05, 0.1) is 6.61 Å². The van der Waals surface area contributed by atoms with Gasteiger partial charge in [0.2, 0.25) is 0 Å². The minimum atomic E-state index is -4.19. The third kappa shape index (κ3) is 3.47. The lowest BCUT2D eigenvalue weighted by Gasteiger charge is -2.21. The average Bonchev–Trinajstić information content (AvgIpc) is 3.16. The van der Waals surface area contributed by atoms with Crippen LogP contribution in [0.4, 0.5) is 13.2 Å². The normalized spacial score (nSPS) is 17.1. The predicted molar refractivity (Wildman–Crippen MR) is 74.8 cm³/mol. The Labute approximate surface area is 124 Å². The van der Waals surface area contributed by atoms with Crippen molar-refractivity contribution in [2.45, 2.75) is 44.4 Å². The first-order valence-electron chi connectivity index (χ1n) is 6.61. The Kier molecular flexibility index (Phi) is 4.64. The van der Waals surface area contributed by atoms with Crippen LogP contribution in [0.1, 0.15) is 31.7 Å². The van der Waals surface area contributed by atoms with E-state index in [4.69, 9.17) is 4.74 Å². The molecule has 112 valence electrons. The Morgan fingerprint density at radius 3 is 2.60 bits per heavy atom. The summed E-state index contributed by atoms with van der Waals surface area (Å²) in [4.78, 5) is 0. The molecule has 0 bridgehead atoms. The van der Waals surface area contributed by atoms with Crippen LogP contribution in [-0.4, -0.2) is 18.3 Å². The lowest BCUT2D eigenvalue weighted by Crippen LogP contribution is -2.44. The summed E-state index contributed by atoms with van der Waals surface area (Å²) in [6.07, 6.45) is -3.04. The fourth-order valence-electron chi connectivity index (χ4n) is 1.99. The smallest absolute Gasteiger partial charge is 0.406 e. The van der Waals surface area contributed by atoms with Crippen LogP contribution < -0.4 is 10.1 Å². The van der Waals surface area contributed by atoms with Crippen LogP contribution in [0.25, 0.3) is 0 Å². The largest absolute Gasteiger partial charge is 0.493 e. The quantitative estimate of drug-likeness (QED) is 0.818. The summed E-state index contributed by atoms with van der Waals surface area (Å²) in [7, 11) is 0. The van der Waals surface area contributed by atoms with Gasteiger partial charge in [0.1, 0.15) is 11.3 Å². The summed E-state index contributed by atoms with van der Waals surface area (Å²) in [5.74, 6) is 0.639. The van der Waals surface area contributed by atoms with Crippen LogP contribution in [0.3, 0.4) is 0 Å². The van der Waals surface area contributed by atoms with E-state index in [0.717, 1.165) is 16.5 Å². The van der Waals surface area contributed by atoms with E-state index in [1.807, 2.05) is 13.0 Å². The van der Waals surface area contributed by atoms with Gasteiger partial charge in [0.25, 0.3) is 0 Å². The zero-order valence-corrected chi connectivity index (χ0v) is 12.8. The molecule has 0 spiro atoms. The summed E-state index contributed by atoms with van der Waals surface area (Å²) >= 11 is 3.33. The van der Waals surface area contributed by atoms with E-state index in [-0.39, 0.29) is 19.4 Å². The minimum Gasteiger partial charge on any atom is -0.493 e. The van der Waals surface area contributed by atoms with Crippen LogP contribution in [0.5, 0.6) is 5.75 Å². The Hall–Kier alpha value is -0.750. The molecule has 1 aromatic rings. The molecule has 0 heterocycles.